The molecular weight excluding hydrogens is 352 g/mol. The first-order valence-corrected chi connectivity index (χ1v) is 7.19. The first-order chi connectivity index (χ1) is 8.97. The van der Waals surface area contributed by atoms with Crippen molar-refractivity contribution in [2.24, 2.45) is 0 Å². The molecule has 19 heavy (non-hydrogen) atoms. The Morgan fingerprint density at radius 1 is 1.16 bits per heavy atom. The lowest BCUT2D eigenvalue weighted by molar-refractivity contribution is 0.627. The maximum Gasteiger partial charge on any atom is 0.141 e. The van der Waals surface area contributed by atoms with E-state index in [-0.39, 0.29) is 11.1 Å². The molecule has 0 radical (unpaired) electrons. The normalized spacial score (nSPS) is 12.3. The Morgan fingerprint density at radius 3 is 2.53 bits per heavy atom. The SMILES string of the molecule is CC(Nc1ccc(Cl)cc1Br)c1ccc(F)c(Cl)c1. The highest BCUT2D eigenvalue weighted by molar-refractivity contribution is 9.10. The molecule has 0 aromatic heterocycles. The van der Waals surface area contributed by atoms with Gasteiger partial charge in [-0.3, -0.25) is 0 Å². The topological polar surface area (TPSA) is 12.0 Å². The fourth-order valence-corrected chi connectivity index (χ4v) is 2.69. The van der Waals surface area contributed by atoms with Gasteiger partial charge in [-0.2, -0.15) is 0 Å². The van der Waals surface area contributed by atoms with Crippen molar-refractivity contribution in [3.63, 3.8) is 0 Å². The lowest BCUT2D eigenvalue weighted by Gasteiger charge is -2.17. The summed E-state index contributed by atoms with van der Waals surface area (Å²) in [5.41, 5.74) is 1.82. The number of benzene rings is 2. The van der Waals surface area contributed by atoms with Crippen molar-refractivity contribution >= 4 is 44.8 Å². The van der Waals surface area contributed by atoms with Crippen LogP contribution in [0.4, 0.5) is 10.1 Å². The zero-order valence-corrected chi connectivity index (χ0v) is 13.2. The van der Waals surface area contributed by atoms with Crippen LogP contribution in [0.2, 0.25) is 10.0 Å². The fraction of sp³-hybridized carbons (Fsp3) is 0.143. The van der Waals surface area contributed by atoms with Crippen molar-refractivity contribution in [1.29, 1.82) is 0 Å². The molecule has 1 atom stereocenters. The molecule has 0 aliphatic rings. The predicted molar refractivity (Wildman–Crippen MR) is 82.6 cm³/mol. The quantitative estimate of drug-likeness (QED) is 0.698. The molecule has 1 nitrogen and oxygen atoms in total. The zero-order valence-electron chi connectivity index (χ0n) is 10.1. The van der Waals surface area contributed by atoms with Gasteiger partial charge in [0.1, 0.15) is 5.82 Å². The van der Waals surface area contributed by atoms with Crippen molar-refractivity contribution in [1.82, 2.24) is 0 Å². The third kappa shape index (κ3) is 3.62. The van der Waals surface area contributed by atoms with Crippen LogP contribution in [0.25, 0.3) is 0 Å². The Hall–Kier alpha value is -0.770. The highest BCUT2D eigenvalue weighted by atomic mass is 79.9. The van der Waals surface area contributed by atoms with E-state index < -0.39 is 5.82 Å². The molecule has 0 fully saturated rings. The molecule has 0 saturated heterocycles. The summed E-state index contributed by atoms with van der Waals surface area (Å²) in [6.07, 6.45) is 0. The Bertz CT molecular complexity index is 604. The lowest BCUT2D eigenvalue weighted by atomic mass is 10.1. The largest absolute Gasteiger partial charge is 0.378 e. The number of anilines is 1. The summed E-state index contributed by atoms with van der Waals surface area (Å²) in [6, 6.07) is 10.2. The molecule has 0 spiro atoms. The number of rotatable bonds is 3. The van der Waals surface area contributed by atoms with Crippen LogP contribution in [0, 0.1) is 5.82 Å². The molecule has 2 aromatic carbocycles. The van der Waals surface area contributed by atoms with E-state index in [0.717, 1.165) is 15.7 Å². The minimum atomic E-state index is -0.412. The number of nitrogens with one attached hydrogen (secondary N) is 1. The van der Waals surface area contributed by atoms with Gasteiger partial charge < -0.3 is 5.32 Å². The fourth-order valence-electron chi connectivity index (χ4n) is 1.70. The van der Waals surface area contributed by atoms with Crippen molar-refractivity contribution in [2.75, 3.05) is 5.32 Å². The molecule has 0 saturated carbocycles. The summed E-state index contributed by atoms with van der Waals surface area (Å²) >= 11 is 15.1. The number of hydrogen-bond acceptors (Lipinski definition) is 1. The van der Waals surface area contributed by atoms with Gasteiger partial charge in [-0.25, -0.2) is 4.39 Å². The van der Waals surface area contributed by atoms with E-state index in [1.165, 1.54) is 6.07 Å². The summed E-state index contributed by atoms with van der Waals surface area (Å²) in [6.45, 7) is 1.98. The Kier molecular flexibility index (Phi) is 4.71. The summed E-state index contributed by atoms with van der Waals surface area (Å²) in [7, 11) is 0. The second kappa shape index (κ2) is 6.12. The maximum absolute atomic E-state index is 13.1. The first kappa shape index (κ1) is 14.6. The molecule has 2 aromatic rings. The van der Waals surface area contributed by atoms with Gasteiger partial charge in [0.2, 0.25) is 0 Å². The Balaban J connectivity index is 2.20. The minimum absolute atomic E-state index is 0.00410. The second-order valence-corrected chi connectivity index (χ2v) is 5.86. The minimum Gasteiger partial charge on any atom is -0.378 e. The van der Waals surface area contributed by atoms with Crippen LogP contribution in [-0.2, 0) is 0 Å². The third-order valence-corrected chi connectivity index (χ3v) is 3.93. The predicted octanol–water partition coefficient (Wildman–Crippen LogP) is 6.07. The number of hydrogen-bond donors (Lipinski definition) is 1. The molecule has 0 aliphatic heterocycles. The summed E-state index contributed by atoms with van der Waals surface area (Å²) in [5.74, 6) is -0.412. The monoisotopic (exact) mass is 361 g/mol. The Labute approximate surface area is 129 Å². The van der Waals surface area contributed by atoms with Gasteiger partial charge in [-0.15, -0.1) is 0 Å². The van der Waals surface area contributed by atoms with E-state index in [9.17, 15) is 4.39 Å². The van der Waals surface area contributed by atoms with Crippen molar-refractivity contribution in [3.05, 3.63) is 62.3 Å². The lowest BCUT2D eigenvalue weighted by Crippen LogP contribution is -2.07. The average Bonchev–Trinajstić information content (AvgIpc) is 2.36. The van der Waals surface area contributed by atoms with Crippen LogP contribution in [0.15, 0.2) is 40.9 Å². The highest BCUT2D eigenvalue weighted by Gasteiger charge is 2.10. The van der Waals surface area contributed by atoms with Gasteiger partial charge in [0.05, 0.1) is 5.02 Å². The molecular formula is C14H11BrCl2FN. The van der Waals surface area contributed by atoms with Crippen molar-refractivity contribution in [2.45, 2.75) is 13.0 Å². The summed E-state index contributed by atoms with van der Waals surface area (Å²) in [5, 5.41) is 4.10. The molecule has 0 heterocycles. The van der Waals surface area contributed by atoms with Gasteiger partial charge in [0, 0.05) is 21.2 Å². The van der Waals surface area contributed by atoms with Gasteiger partial charge in [0.25, 0.3) is 0 Å². The molecule has 0 aliphatic carbocycles. The van der Waals surface area contributed by atoms with E-state index in [4.69, 9.17) is 23.2 Å². The van der Waals surface area contributed by atoms with E-state index in [1.54, 1.807) is 18.2 Å². The van der Waals surface area contributed by atoms with Gasteiger partial charge >= 0.3 is 0 Å². The molecule has 0 bridgehead atoms. The van der Waals surface area contributed by atoms with Gasteiger partial charge in [-0.05, 0) is 58.7 Å². The number of halogens is 4. The summed E-state index contributed by atoms with van der Waals surface area (Å²) < 4.78 is 14.0. The van der Waals surface area contributed by atoms with Crippen LogP contribution in [-0.4, -0.2) is 0 Å². The molecule has 100 valence electrons. The van der Waals surface area contributed by atoms with Crippen molar-refractivity contribution < 1.29 is 4.39 Å². The molecule has 2 rings (SSSR count). The van der Waals surface area contributed by atoms with Gasteiger partial charge in [0.15, 0.2) is 0 Å². The Morgan fingerprint density at radius 2 is 1.89 bits per heavy atom. The third-order valence-electron chi connectivity index (χ3n) is 2.75. The van der Waals surface area contributed by atoms with E-state index in [0.29, 0.717) is 5.02 Å². The van der Waals surface area contributed by atoms with E-state index >= 15 is 0 Å². The smallest absolute Gasteiger partial charge is 0.141 e. The first-order valence-electron chi connectivity index (χ1n) is 5.64. The van der Waals surface area contributed by atoms with Crippen LogP contribution in [0.5, 0.6) is 0 Å². The second-order valence-electron chi connectivity index (χ2n) is 4.16. The van der Waals surface area contributed by atoms with Crippen molar-refractivity contribution in [3.8, 4) is 0 Å². The van der Waals surface area contributed by atoms with E-state index in [1.807, 2.05) is 19.1 Å². The molecule has 1 N–H and O–H groups in total. The standard InChI is InChI=1S/C14H11BrCl2FN/c1-8(9-2-4-13(18)12(17)6-9)19-14-5-3-10(16)7-11(14)15/h2-8,19H,1H3. The van der Waals surface area contributed by atoms with Crippen LogP contribution in [0.1, 0.15) is 18.5 Å². The summed E-state index contributed by atoms with van der Waals surface area (Å²) in [4.78, 5) is 0. The molecule has 5 heteroatoms. The van der Waals surface area contributed by atoms with Crippen LogP contribution < -0.4 is 5.32 Å². The highest BCUT2D eigenvalue weighted by Crippen LogP contribution is 2.30. The molecule has 1 unspecified atom stereocenters. The van der Waals surface area contributed by atoms with Crippen LogP contribution >= 0.6 is 39.1 Å². The van der Waals surface area contributed by atoms with Gasteiger partial charge in [-0.1, -0.05) is 29.3 Å². The zero-order chi connectivity index (χ0) is 14.0. The average molecular weight is 363 g/mol. The van der Waals surface area contributed by atoms with E-state index in [2.05, 4.69) is 21.2 Å². The maximum atomic E-state index is 13.1. The molecule has 0 amide bonds. The van der Waals surface area contributed by atoms with Crippen LogP contribution in [0.3, 0.4) is 0 Å².